The van der Waals surface area contributed by atoms with Crippen molar-refractivity contribution in [1.29, 1.82) is 0 Å². The van der Waals surface area contributed by atoms with E-state index in [0.717, 1.165) is 16.8 Å². The lowest BCUT2D eigenvalue weighted by atomic mass is 9.95. The molecule has 3 heterocycles. The van der Waals surface area contributed by atoms with Crippen LogP contribution in [0.1, 0.15) is 48.3 Å². The number of esters is 2. The van der Waals surface area contributed by atoms with Gasteiger partial charge in [0.1, 0.15) is 11.4 Å². The predicted octanol–water partition coefficient (Wildman–Crippen LogP) is 4.83. The third kappa shape index (κ3) is 6.17. The van der Waals surface area contributed by atoms with Crippen molar-refractivity contribution in [3.05, 3.63) is 133 Å². The molecule has 0 radical (unpaired) electrons. The highest BCUT2D eigenvalue weighted by Gasteiger charge is 2.34. The minimum atomic E-state index is -0.834. The van der Waals surface area contributed by atoms with Crippen LogP contribution >= 0.6 is 11.3 Å². The first kappa shape index (κ1) is 31.4. The molecule has 0 fully saturated rings. The lowest BCUT2D eigenvalue weighted by Crippen LogP contribution is -2.40. The maximum Gasteiger partial charge on any atom is 0.338 e. The fourth-order valence-electron chi connectivity index (χ4n) is 5.42. The lowest BCUT2D eigenvalue weighted by molar-refractivity contribution is -0.143. The van der Waals surface area contributed by atoms with E-state index in [1.54, 1.807) is 62.9 Å². The Bertz CT molecular complexity index is 2180. The van der Waals surface area contributed by atoms with Crippen molar-refractivity contribution in [3.8, 4) is 22.7 Å². The number of thiazole rings is 1. The summed E-state index contributed by atoms with van der Waals surface area (Å²) in [6.07, 6.45) is 3.30. The molecule has 10 nitrogen and oxygen atoms in total. The maximum absolute atomic E-state index is 14.3. The quantitative estimate of drug-likeness (QED) is 0.222. The Morgan fingerprint density at radius 3 is 2.28 bits per heavy atom. The van der Waals surface area contributed by atoms with Crippen molar-refractivity contribution in [2.45, 2.75) is 32.9 Å². The van der Waals surface area contributed by atoms with E-state index in [-0.39, 0.29) is 17.2 Å². The number of ether oxygens (including phenoxy) is 3. The van der Waals surface area contributed by atoms with E-state index < -0.39 is 18.0 Å². The molecule has 0 spiro atoms. The van der Waals surface area contributed by atoms with E-state index >= 15 is 0 Å². The van der Waals surface area contributed by atoms with Gasteiger partial charge in [-0.3, -0.25) is 9.36 Å². The second kappa shape index (κ2) is 13.1. The minimum absolute atomic E-state index is 0.249. The summed E-state index contributed by atoms with van der Waals surface area (Å²) in [6, 6.07) is 23.1. The van der Waals surface area contributed by atoms with Crippen molar-refractivity contribution >= 4 is 29.4 Å². The maximum atomic E-state index is 14.3. The number of methoxy groups -OCH3 is 2. The van der Waals surface area contributed by atoms with Gasteiger partial charge in [0.05, 0.1) is 53.4 Å². The molecule has 2 aromatic heterocycles. The molecule has 0 saturated carbocycles. The Morgan fingerprint density at radius 1 is 0.936 bits per heavy atom. The first-order chi connectivity index (χ1) is 22.7. The van der Waals surface area contributed by atoms with Gasteiger partial charge in [-0.15, -0.1) is 0 Å². The van der Waals surface area contributed by atoms with Crippen LogP contribution in [-0.4, -0.2) is 46.6 Å². The molecular formula is C36H32N4O6S. The summed E-state index contributed by atoms with van der Waals surface area (Å²) in [4.78, 5) is 45.1. The number of carbonyl (C=O) groups is 2. The molecule has 0 unspecified atom stereocenters. The fraction of sp³-hybridized carbons (Fsp3) is 0.194. The van der Waals surface area contributed by atoms with Crippen LogP contribution in [0.2, 0.25) is 0 Å². The molecule has 0 bridgehead atoms. The largest absolute Gasteiger partial charge is 0.497 e. The molecule has 0 saturated heterocycles. The van der Waals surface area contributed by atoms with Gasteiger partial charge in [0.15, 0.2) is 4.80 Å². The number of nitrogens with zero attached hydrogens (tertiary/aromatic N) is 4. The van der Waals surface area contributed by atoms with E-state index in [4.69, 9.17) is 24.3 Å². The summed E-state index contributed by atoms with van der Waals surface area (Å²) in [6.45, 7) is 5.26. The molecule has 1 aliphatic heterocycles. The molecule has 0 aliphatic carbocycles. The average molecular weight is 649 g/mol. The molecule has 1 atom stereocenters. The van der Waals surface area contributed by atoms with Gasteiger partial charge in [0, 0.05) is 17.3 Å². The van der Waals surface area contributed by atoms with Gasteiger partial charge in [-0.2, -0.15) is 5.10 Å². The number of hydrogen-bond donors (Lipinski definition) is 0. The van der Waals surface area contributed by atoms with E-state index in [2.05, 4.69) is 0 Å². The van der Waals surface area contributed by atoms with Crippen molar-refractivity contribution in [3.63, 3.8) is 0 Å². The van der Waals surface area contributed by atoms with Crippen LogP contribution in [0.4, 0.5) is 0 Å². The third-order valence-electron chi connectivity index (χ3n) is 7.65. The number of benzene rings is 3. The molecule has 5 aromatic rings. The summed E-state index contributed by atoms with van der Waals surface area (Å²) in [5.74, 6) is -0.341. The predicted molar refractivity (Wildman–Crippen MR) is 178 cm³/mol. The standard InChI is InChI=1S/C36H32N4O6S/c1-21(2)46-35(43)30-22(3)37-36-40(32(30)24-11-13-25(14-12-24)34(42)45-5)33(41)29(47-36)19-26-20-39(27-9-7-6-8-10-27)38-31(26)23-15-17-28(44-4)18-16-23/h6-21,32H,1-5H3/b29-19-/t32-/m0/s1. The highest BCUT2D eigenvalue weighted by atomic mass is 32.1. The van der Waals surface area contributed by atoms with Gasteiger partial charge in [-0.25, -0.2) is 19.3 Å². The molecule has 47 heavy (non-hydrogen) atoms. The Hall–Kier alpha value is -5.55. The second-order valence-corrected chi connectivity index (χ2v) is 12.1. The molecule has 3 aromatic carbocycles. The SMILES string of the molecule is COC(=O)c1ccc([C@H]2C(C(=O)OC(C)C)=C(C)N=c3s/c(=C\c4cn(-c5ccccc5)nc4-c4ccc(OC)cc4)c(=O)n32)cc1. The van der Waals surface area contributed by atoms with Crippen LogP contribution < -0.4 is 19.6 Å². The van der Waals surface area contributed by atoms with Crippen LogP contribution in [0, 0.1) is 0 Å². The van der Waals surface area contributed by atoms with Crippen molar-refractivity contribution < 1.29 is 23.8 Å². The van der Waals surface area contributed by atoms with Gasteiger partial charge < -0.3 is 14.2 Å². The first-order valence-electron chi connectivity index (χ1n) is 14.9. The normalized spacial score (nSPS) is 14.5. The average Bonchev–Trinajstić information content (AvgIpc) is 3.64. The van der Waals surface area contributed by atoms with Gasteiger partial charge in [0.2, 0.25) is 0 Å². The third-order valence-corrected chi connectivity index (χ3v) is 8.63. The van der Waals surface area contributed by atoms with Crippen molar-refractivity contribution in [1.82, 2.24) is 14.3 Å². The molecule has 0 amide bonds. The van der Waals surface area contributed by atoms with E-state index in [0.29, 0.717) is 37.6 Å². The number of allylic oxidation sites excluding steroid dienone is 1. The van der Waals surface area contributed by atoms with Crippen molar-refractivity contribution in [2.24, 2.45) is 4.99 Å². The smallest absolute Gasteiger partial charge is 0.338 e. The van der Waals surface area contributed by atoms with Gasteiger partial charge in [-0.1, -0.05) is 41.7 Å². The molecular weight excluding hydrogens is 616 g/mol. The highest BCUT2D eigenvalue weighted by molar-refractivity contribution is 7.07. The Labute approximate surface area is 274 Å². The Kier molecular flexibility index (Phi) is 8.73. The summed E-state index contributed by atoms with van der Waals surface area (Å²) in [5.41, 5.74) is 4.43. The number of hydrogen-bond acceptors (Lipinski definition) is 9. The number of aromatic nitrogens is 3. The number of carbonyl (C=O) groups excluding carboxylic acids is 2. The monoisotopic (exact) mass is 648 g/mol. The molecule has 6 rings (SSSR count). The van der Waals surface area contributed by atoms with E-state index in [1.165, 1.54) is 23.0 Å². The molecule has 238 valence electrons. The molecule has 0 N–H and O–H groups in total. The lowest BCUT2D eigenvalue weighted by Gasteiger charge is -2.25. The van der Waals surface area contributed by atoms with Crippen molar-refractivity contribution in [2.75, 3.05) is 14.2 Å². The Morgan fingerprint density at radius 2 is 1.64 bits per heavy atom. The highest BCUT2D eigenvalue weighted by Crippen LogP contribution is 2.32. The second-order valence-electron chi connectivity index (χ2n) is 11.1. The zero-order chi connectivity index (χ0) is 33.2. The zero-order valence-corrected chi connectivity index (χ0v) is 27.3. The number of rotatable bonds is 8. The van der Waals surface area contributed by atoms with Gasteiger partial charge in [0.25, 0.3) is 5.56 Å². The van der Waals surface area contributed by atoms with E-state index in [9.17, 15) is 14.4 Å². The topological polar surface area (TPSA) is 114 Å². The van der Waals surface area contributed by atoms with Gasteiger partial charge >= 0.3 is 11.9 Å². The van der Waals surface area contributed by atoms with E-state index in [1.807, 2.05) is 60.8 Å². The van der Waals surface area contributed by atoms with Gasteiger partial charge in [-0.05, 0) is 80.9 Å². The number of fused-ring (bicyclic) bond motifs is 1. The molecule has 1 aliphatic rings. The summed E-state index contributed by atoms with van der Waals surface area (Å²) in [7, 11) is 2.92. The van der Waals surface area contributed by atoms with Crippen LogP contribution in [0.5, 0.6) is 5.75 Å². The van der Waals surface area contributed by atoms with Crippen LogP contribution in [-0.2, 0) is 14.3 Å². The van der Waals surface area contributed by atoms with Crippen LogP contribution in [0.25, 0.3) is 23.0 Å². The molecule has 11 heteroatoms. The fourth-order valence-corrected chi connectivity index (χ4v) is 6.45. The minimum Gasteiger partial charge on any atom is -0.497 e. The zero-order valence-electron chi connectivity index (χ0n) is 26.5. The number of para-hydroxylation sites is 1. The summed E-state index contributed by atoms with van der Waals surface area (Å²) >= 11 is 1.22. The van der Waals surface area contributed by atoms with Crippen LogP contribution in [0.15, 0.2) is 106 Å². The Balaban J connectivity index is 1.53. The summed E-state index contributed by atoms with van der Waals surface area (Å²) < 4.78 is 19.5. The van der Waals surface area contributed by atoms with Crippen LogP contribution in [0.3, 0.4) is 0 Å². The first-order valence-corrected chi connectivity index (χ1v) is 15.7. The summed E-state index contributed by atoms with van der Waals surface area (Å²) in [5, 5.41) is 4.89.